The number of morpholine rings is 1. The van der Waals surface area contributed by atoms with E-state index in [0.717, 1.165) is 0 Å². The number of rotatable bonds is 7. The monoisotopic (exact) mass is 418 g/mol. The van der Waals surface area contributed by atoms with Crippen molar-refractivity contribution >= 4 is 17.5 Å². The summed E-state index contributed by atoms with van der Waals surface area (Å²) in [5.74, 6) is -0.865. The van der Waals surface area contributed by atoms with Gasteiger partial charge in [0, 0.05) is 13.1 Å². The summed E-state index contributed by atoms with van der Waals surface area (Å²) in [5.41, 5.74) is -0.355. The Morgan fingerprint density at radius 3 is 2.67 bits per heavy atom. The molecule has 1 aromatic carbocycles. The quantitative estimate of drug-likeness (QED) is 0.403. The molecular formula is C19H22N4O7. The Labute approximate surface area is 172 Å². The molecule has 0 radical (unpaired) electrons. The van der Waals surface area contributed by atoms with Crippen molar-refractivity contribution in [1.82, 2.24) is 9.97 Å². The zero-order chi connectivity index (χ0) is 21.7. The Morgan fingerprint density at radius 2 is 2.00 bits per heavy atom. The molecular weight excluding hydrogens is 396 g/mol. The summed E-state index contributed by atoms with van der Waals surface area (Å²) in [6.45, 7) is 4.09. The summed E-state index contributed by atoms with van der Waals surface area (Å²) < 4.78 is 16.3. The maximum absolute atomic E-state index is 12.2. The average molecular weight is 418 g/mol. The van der Waals surface area contributed by atoms with Crippen molar-refractivity contribution in [3.8, 4) is 11.6 Å². The number of benzene rings is 1. The van der Waals surface area contributed by atoms with E-state index in [9.17, 15) is 14.9 Å². The molecule has 1 aliphatic heterocycles. The largest absolute Gasteiger partial charge is 0.460 e. The molecule has 160 valence electrons. The van der Waals surface area contributed by atoms with E-state index in [-0.39, 0.29) is 48.4 Å². The third-order valence-corrected chi connectivity index (χ3v) is 4.31. The normalized spacial score (nSPS) is 18.7. The first-order valence-electron chi connectivity index (χ1n) is 9.35. The van der Waals surface area contributed by atoms with Gasteiger partial charge in [0.15, 0.2) is 0 Å². The van der Waals surface area contributed by atoms with Gasteiger partial charge < -0.3 is 24.2 Å². The van der Waals surface area contributed by atoms with Crippen LogP contribution in [-0.2, 0) is 9.47 Å². The number of esters is 1. The Morgan fingerprint density at radius 1 is 1.30 bits per heavy atom. The highest BCUT2D eigenvalue weighted by Gasteiger charge is 2.33. The van der Waals surface area contributed by atoms with Gasteiger partial charge in [0.2, 0.25) is 5.82 Å². The van der Waals surface area contributed by atoms with Crippen LogP contribution < -0.4 is 9.64 Å². The summed E-state index contributed by atoms with van der Waals surface area (Å²) >= 11 is 0. The zero-order valence-corrected chi connectivity index (χ0v) is 16.6. The number of carbonyl (C=O) groups excluding carboxylic acids is 1. The molecule has 1 saturated heterocycles. The topological polar surface area (TPSA) is 137 Å². The number of aliphatic hydroxyl groups is 1. The van der Waals surface area contributed by atoms with E-state index < -0.39 is 16.6 Å². The molecule has 0 bridgehead atoms. The first-order chi connectivity index (χ1) is 14.4. The number of ether oxygens (including phenoxy) is 3. The second-order valence-corrected chi connectivity index (χ2v) is 6.73. The fraction of sp³-hybridized carbons (Fsp3) is 0.421. The standard InChI is InChI=1S/C19H22N4O7/c1-12-9-22(10-13(2)29-12)17-16(23(26)27)18(21-11-20-17)30-15-6-4-3-5-14(15)19(25)28-8-7-24/h3-6,11-13,24H,7-10H2,1-2H3. The van der Waals surface area contributed by atoms with Gasteiger partial charge in [-0.2, -0.15) is 4.98 Å². The van der Waals surface area contributed by atoms with Gasteiger partial charge in [0.05, 0.1) is 23.7 Å². The molecule has 2 aromatic rings. The van der Waals surface area contributed by atoms with E-state index in [1.54, 1.807) is 17.0 Å². The lowest BCUT2D eigenvalue weighted by molar-refractivity contribution is -0.385. The number of hydrogen-bond donors (Lipinski definition) is 1. The van der Waals surface area contributed by atoms with E-state index >= 15 is 0 Å². The van der Waals surface area contributed by atoms with Crippen molar-refractivity contribution in [2.75, 3.05) is 31.2 Å². The van der Waals surface area contributed by atoms with Crippen LogP contribution in [0.3, 0.4) is 0 Å². The lowest BCUT2D eigenvalue weighted by atomic mass is 10.2. The number of hydrogen-bond acceptors (Lipinski definition) is 10. The molecule has 11 nitrogen and oxygen atoms in total. The molecule has 1 aromatic heterocycles. The van der Waals surface area contributed by atoms with E-state index in [0.29, 0.717) is 13.1 Å². The van der Waals surface area contributed by atoms with Gasteiger partial charge in [0.25, 0.3) is 0 Å². The third-order valence-electron chi connectivity index (χ3n) is 4.31. The van der Waals surface area contributed by atoms with Crippen molar-refractivity contribution in [2.45, 2.75) is 26.1 Å². The minimum absolute atomic E-state index is 0.0388. The minimum atomic E-state index is -0.729. The Kier molecular flexibility index (Phi) is 6.75. The number of aliphatic hydroxyl groups excluding tert-OH is 1. The van der Waals surface area contributed by atoms with Crippen molar-refractivity contribution < 1.29 is 29.0 Å². The third kappa shape index (κ3) is 4.81. The molecule has 0 spiro atoms. The van der Waals surface area contributed by atoms with Gasteiger partial charge >= 0.3 is 17.5 Å². The summed E-state index contributed by atoms with van der Waals surface area (Å²) in [5, 5.41) is 20.7. The van der Waals surface area contributed by atoms with Crippen molar-refractivity contribution in [3.05, 3.63) is 46.3 Å². The fourth-order valence-corrected chi connectivity index (χ4v) is 3.22. The number of carbonyl (C=O) groups is 1. The summed E-state index contributed by atoms with van der Waals surface area (Å²) in [6.07, 6.45) is 0.916. The fourth-order valence-electron chi connectivity index (χ4n) is 3.22. The van der Waals surface area contributed by atoms with Gasteiger partial charge in [-0.1, -0.05) is 12.1 Å². The molecule has 11 heteroatoms. The summed E-state index contributed by atoms with van der Waals surface area (Å²) in [4.78, 5) is 33.3. The molecule has 2 heterocycles. The molecule has 2 unspecified atom stereocenters. The van der Waals surface area contributed by atoms with Gasteiger partial charge in [-0.15, -0.1) is 0 Å². The average Bonchev–Trinajstić information content (AvgIpc) is 2.71. The number of nitro groups is 1. The highest BCUT2D eigenvalue weighted by Crippen LogP contribution is 2.37. The second kappa shape index (κ2) is 9.46. The molecule has 1 aliphatic rings. The molecule has 30 heavy (non-hydrogen) atoms. The Hall–Kier alpha value is -3.31. The van der Waals surface area contributed by atoms with Gasteiger partial charge in [-0.3, -0.25) is 10.1 Å². The predicted octanol–water partition coefficient (Wildman–Crippen LogP) is 1.94. The first kappa shape index (κ1) is 21.4. The van der Waals surface area contributed by atoms with Crippen LogP contribution in [0.2, 0.25) is 0 Å². The summed E-state index contributed by atoms with van der Waals surface area (Å²) in [7, 11) is 0. The zero-order valence-electron chi connectivity index (χ0n) is 16.6. The van der Waals surface area contributed by atoms with Gasteiger partial charge in [-0.05, 0) is 26.0 Å². The van der Waals surface area contributed by atoms with Gasteiger partial charge in [0.1, 0.15) is 24.2 Å². The SMILES string of the molecule is CC1CN(c2ncnc(Oc3ccccc3C(=O)OCCO)c2[N+](=O)[O-])CC(C)O1. The number of para-hydroxylation sites is 1. The Bertz CT molecular complexity index is 914. The van der Waals surface area contributed by atoms with Crippen LogP contribution in [0.5, 0.6) is 11.6 Å². The molecule has 2 atom stereocenters. The van der Waals surface area contributed by atoms with Crippen molar-refractivity contribution in [1.29, 1.82) is 0 Å². The molecule has 0 saturated carbocycles. The van der Waals surface area contributed by atoms with Crippen LogP contribution in [0.15, 0.2) is 30.6 Å². The van der Waals surface area contributed by atoms with Crippen LogP contribution in [0.25, 0.3) is 0 Å². The Balaban J connectivity index is 1.96. The molecule has 0 aliphatic carbocycles. The van der Waals surface area contributed by atoms with Gasteiger partial charge in [-0.25, -0.2) is 9.78 Å². The number of anilines is 1. The smallest absolute Gasteiger partial charge is 0.373 e. The second-order valence-electron chi connectivity index (χ2n) is 6.73. The highest BCUT2D eigenvalue weighted by atomic mass is 16.6. The molecule has 1 N–H and O–H groups in total. The minimum Gasteiger partial charge on any atom is -0.460 e. The predicted molar refractivity (Wildman–Crippen MR) is 105 cm³/mol. The lowest BCUT2D eigenvalue weighted by Gasteiger charge is -2.35. The number of nitrogens with zero attached hydrogens (tertiary/aromatic N) is 4. The number of aromatic nitrogens is 2. The maximum Gasteiger partial charge on any atom is 0.373 e. The van der Waals surface area contributed by atoms with Crippen LogP contribution >= 0.6 is 0 Å². The van der Waals surface area contributed by atoms with E-state index in [1.807, 2.05) is 13.8 Å². The maximum atomic E-state index is 12.2. The molecule has 1 fully saturated rings. The van der Waals surface area contributed by atoms with E-state index in [1.165, 1.54) is 18.5 Å². The van der Waals surface area contributed by atoms with Crippen LogP contribution in [0.1, 0.15) is 24.2 Å². The molecule has 0 amide bonds. The lowest BCUT2D eigenvalue weighted by Crippen LogP contribution is -2.46. The van der Waals surface area contributed by atoms with Crippen LogP contribution in [0.4, 0.5) is 11.5 Å². The summed E-state index contributed by atoms with van der Waals surface area (Å²) in [6, 6.07) is 6.13. The van der Waals surface area contributed by atoms with E-state index in [4.69, 9.17) is 19.3 Å². The van der Waals surface area contributed by atoms with E-state index in [2.05, 4.69) is 9.97 Å². The van der Waals surface area contributed by atoms with Crippen molar-refractivity contribution in [3.63, 3.8) is 0 Å². The van der Waals surface area contributed by atoms with Crippen LogP contribution in [0, 0.1) is 10.1 Å². The van der Waals surface area contributed by atoms with Crippen molar-refractivity contribution in [2.24, 2.45) is 0 Å². The van der Waals surface area contributed by atoms with Crippen LogP contribution in [-0.4, -0.2) is 64.5 Å². The first-order valence-corrected chi connectivity index (χ1v) is 9.35. The molecule has 3 rings (SSSR count). The highest BCUT2D eigenvalue weighted by molar-refractivity contribution is 5.92.